The Morgan fingerprint density at radius 3 is 2.87 bits per heavy atom. The van der Waals surface area contributed by atoms with Gasteiger partial charge in [-0.25, -0.2) is 0 Å². The van der Waals surface area contributed by atoms with E-state index >= 15 is 0 Å². The van der Waals surface area contributed by atoms with Crippen molar-refractivity contribution < 1.29 is 0 Å². The van der Waals surface area contributed by atoms with E-state index in [1.807, 2.05) is 0 Å². The van der Waals surface area contributed by atoms with Crippen molar-refractivity contribution in [1.82, 2.24) is 5.32 Å². The molecular weight excluding hydrogens is 182 g/mol. The maximum absolute atomic E-state index is 3.42. The molecule has 1 heteroatoms. The van der Waals surface area contributed by atoms with E-state index in [9.17, 15) is 0 Å². The highest BCUT2D eigenvalue weighted by Gasteiger charge is 2.05. The monoisotopic (exact) mass is 201 g/mol. The van der Waals surface area contributed by atoms with Crippen LogP contribution in [0.25, 0.3) is 6.08 Å². The van der Waals surface area contributed by atoms with Gasteiger partial charge < -0.3 is 5.32 Å². The molecule has 0 atom stereocenters. The van der Waals surface area contributed by atoms with Gasteiger partial charge >= 0.3 is 0 Å². The third-order valence-corrected chi connectivity index (χ3v) is 3.00. The van der Waals surface area contributed by atoms with Crippen molar-refractivity contribution in [2.45, 2.75) is 26.7 Å². The summed E-state index contributed by atoms with van der Waals surface area (Å²) in [6, 6.07) is 6.66. The van der Waals surface area contributed by atoms with Crippen LogP contribution in [0.3, 0.4) is 0 Å². The smallest absolute Gasteiger partial charge is 0.0167 e. The lowest BCUT2D eigenvalue weighted by atomic mass is 9.99. The second kappa shape index (κ2) is 4.63. The minimum Gasteiger partial charge on any atom is -0.313 e. The molecule has 0 radical (unpaired) electrons. The van der Waals surface area contributed by atoms with E-state index in [0.717, 1.165) is 6.54 Å². The van der Waals surface area contributed by atoms with Gasteiger partial charge in [0.15, 0.2) is 0 Å². The van der Waals surface area contributed by atoms with Crippen LogP contribution in [0.4, 0.5) is 0 Å². The number of benzene rings is 1. The third kappa shape index (κ3) is 2.69. The number of piperidine rings is 1. The molecule has 1 aliphatic rings. The fraction of sp³-hybridized carbons (Fsp3) is 0.429. The zero-order valence-electron chi connectivity index (χ0n) is 9.64. The van der Waals surface area contributed by atoms with Gasteiger partial charge in [0.2, 0.25) is 0 Å². The van der Waals surface area contributed by atoms with E-state index in [1.54, 1.807) is 0 Å². The molecule has 1 saturated heterocycles. The first-order valence-electron chi connectivity index (χ1n) is 5.73. The Kier molecular flexibility index (Phi) is 3.22. The standard InChI is InChI=1S/C14H19N/c1-11-5-6-12(2)14(8-11)9-13-4-3-7-15-10-13/h5-6,8-9,15H,3-4,7,10H2,1-2H3. The molecule has 1 N–H and O–H groups in total. The Hall–Kier alpha value is -1.08. The van der Waals surface area contributed by atoms with Crippen LogP contribution in [-0.4, -0.2) is 13.1 Å². The second-order valence-electron chi connectivity index (χ2n) is 4.44. The van der Waals surface area contributed by atoms with Gasteiger partial charge in [-0.05, 0) is 44.4 Å². The molecule has 0 amide bonds. The van der Waals surface area contributed by atoms with Gasteiger partial charge in [-0.3, -0.25) is 0 Å². The van der Waals surface area contributed by atoms with Crippen LogP contribution in [0.15, 0.2) is 23.8 Å². The lowest BCUT2D eigenvalue weighted by molar-refractivity contribution is 0.613. The first kappa shape index (κ1) is 10.4. The van der Waals surface area contributed by atoms with E-state index in [0.29, 0.717) is 0 Å². The Bertz CT molecular complexity index is 369. The molecule has 1 nitrogen and oxygen atoms in total. The van der Waals surface area contributed by atoms with E-state index in [-0.39, 0.29) is 0 Å². The molecule has 0 spiro atoms. The van der Waals surface area contributed by atoms with Crippen LogP contribution in [-0.2, 0) is 0 Å². The number of hydrogen-bond donors (Lipinski definition) is 1. The zero-order chi connectivity index (χ0) is 10.7. The van der Waals surface area contributed by atoms with E-state index < -0.39 is 0 Å². The summed E-state index contributed by atoms with van der Waals surface area (Å²) in [5.74, 6) is 0. The SMILES string of the molecule is Cc1ccc(C)c(C=C2CCCNC2)c1. The average Bonchev–Trinajstić information content (AvgIpc) is 2.25. The van der Waals surface area contributed by atoms with E-state index in [1.165, 1.54) is 41.6 Å². The average molecular weight is 201 g/mol. The molecule has 0 saturated carbocycles. The number of hydrogen-bond acceptors (Lipinski definition) is 1. The van der Waals surface area contributed by atoms with Crippen LogP contribution in [0.1, 0.15) is 29.5 Å². The molecule has 1 fully saturated rings. The van der Waals surface area contributed by atoms with Gasteiger partial charge in [-0.1, -0.05) is 35.4 Å². The van der Waals surface area contributed by atoms with Crippen molar-refractivity contribution in [3.05, 3.63) is 40.5 Å². The maximum Gasteiger partial charge on any atom is 0.0167 e. The van der Waals surface area contributed by atoms with Gasteiger partial charge in [-0.15, -0.1) is 0 Å². The molecule has 80 valence electrons. The Balaban J connectivity index is 2.25. The summed E-state index contributed by atoms with van der Waals surface area (Å²) >= 11 is 0. The summed E-state index contributed by atoms with van der Waals surface area (Å²) in [6.07, 6.45) is 4.88. The molecule has 0 aromatic heterocycles. The molecule has 1 heterocycles. The number of nitrogens with one attached hydrogen (secondary N) is 1. The summed E-state index contributed by atoms with van der Waals surface area (Å²) in [7, 11) is 0. The quantitative estimate of drug-likeness (QED) is 0.736. The predicted molar refractivity (Wildman–Crippen MR) is 66.0 cm³/mol. The van der Waals surface area contributed by atoms with Crippen LogP contribution >= 0.6 is 0 Å². The molecule has 1 aromatic carbocycles. The van der Waals surface area contributed by atoms with Crippen molar-refractivity contribution in [2.75, 3.05) is 13.1 Å². The van der Waals surface area contributed by atoms with Crippen LogP contribution < -0.4 is 5.32 Å². The van der Waals surface area contributed by atoms with Crippen molar-refractivity contribution in [2.24, 2.45) is 0 Å². The first-order chi connectivity index (χ1) is 7.25. The molecule has 1 aromatic rings. The predicted octanol–water partition coefficient (Wildman–Crippen LogP) is 3.07. The minimum absolute atomic E-state index is 1.06. The van der Waals surface area contributed by atoms with Gasteiger partial charge in [-0.2, -0.15) is 0 Å². The molecule has 0 bridgehead atoms. The number of aryl methyl sites for hydroxylation is 2. The molecule has 2 rings (SSSR count). The molecular formula is C14H19N. The Labute approximate surface area is 92.2 Å². The second-order valence-corrected chi connectivity index (χ2v) is 4.44. The van der Waals surface area contributed by atoms with Gasteiger partial charge in [0, 0.05) is 6.54 Å². The lowest BCUT2D eigenvalue weighted by Crippen LogP contribution is -2.23. The fourth-order valence-electron chi connectivity index (χ4n) is 2.04. The van der Waals surface area contributed by atoms with E-state index in [2.05, 4.69) is 43.4 Å². The fourth-order valence-corrected chi connectivity index (χ4v) is 2.04. The highest BCUT2D eigenvalue weighted by atomic mass is 14.9. The highest BCUT2D eigenvalue weighted by molar-refractivity contribution is 5.58. The van der Waals surface area contributed by atoms with Crippen molar-refractivity contribution >= 4 is 6.08 Å². The lowest BCUT2D eigenvalue weighted by Gasteiger charge is -2.15. The van der Waals surface area contributed by atoms with Crippen molar-refractivity contribution in [3.8, 4) is 0 Å². The van der Waals surface area contributed by atoms with Gasteiger partial charge in [0.1, 0.15) is 0 Å². The van der Waals surface area contributed by atoms with Crippen molar-refractivity contribution in [1.29, 1.82) is 0 Å². The summed E-state index contributed by atoms with van der Waals surface area (Å²) in [5, 5.41) is 3.42. The van der Waals surface area contributed by atoms with Crippen LogP contribution in [0.5, 0.6) is 0 Å². The summed E-state index contributed by atoms with van der Waals surface area (Å²) < 4.78 is 0. The highest BCUT2D eigenvalue weighted by Crippen LogP contribution is 2.17. The van der Waals surface area contributed by atoms with Crippen molar-refractivity contribution in [3.63, 3.8) is 0 Å². The van der Waals surface area contributed by atoms with Crippen LogP contribution in [0, 0.1) is 13.8 Å². The summed E-state index contributed by atoms with van der Waals surface area (Å²) in [4.78, 5) is 0. The van der Waals surface area contributed by atoms with Gasteiger partial charge in [0.05, 0.1) is 0 Å². The Morgan fingerprint density at radius 2 is 2.13 bits per heavy atom. The maximum atomic E-state index is 3.42. The molecule has 15 heavy (non-hydrogen) atoms. The molecule has 0 unspecified atom stereocenters. The minimum atomic E-state index is 1.06. The third-order valence-electron chi connectivity index (χ3n) is 3.00. The summed E-state index contributed by atoms with van der Waals surface area (Å²) in [6.45, 7) is 6.57. The summed E-state index contributed by atoms with van der Waals surface area (Å²) in [5.41, 5.74) is 5.64. The normalized spacial score (nSPS) is 19.5. The first-order valence-corrected chi connectivity index (χ1v) is 5.73. The van der Waals surface area contributed by atoms with Gasteiger partial charge in [0.25, 0.3) is 0 Å². The Morgan fingerprint density at radius 1 is 1.27 bits per heavy atom. The van der Waals surface area contributed by atoms with Crippen LogP contribution in [0.2, 0.25) is 0 Å². The zero-order valence-corrected chi connectivity index (χ0v) is 9.64. The number of rotatable bonds is 1. The topological polar surface area (TPSA) is 12.0 Å². The molecule has 0 aliphatic carbocycles. The molecule has 1 aliphatic heterocycles. The largest absolute Gasteiger partial charge is 0.313 e. The van der Waals surface area contributed by atoms with E-state index in [4.69, 9.17) is 0 Å².